The number of aryl methyl sites for hydroxylation is 4. The van der Waals surface area contributed by atoms with Gasteiger partial charge in [0.25, 0.3) is 0 Å². The molecule has 2 nitrogen and oxygen atoms in total. The molecule has 54 heavy (non-hydrogen) atoms. The second-order valence-electron chi connectivity index (χ2n) is 14.8. The summed E-state index contributed by atoms with van der Waals surface area (Å²) in [5, 5.41) is 6.43. The third kappa shape index (κ3) is 5.42. The van der Waals surface area contributed by atoms with Crippen LogP contribution in [0, 0.1) is 27.7 Å². The molecule has 9 aromatic rings. The van der Waals surface area contributed by atoms with Crippen molar-refractivity contribution in [3.63, 3.8) is 0 Å². The van der Waals surface area contributed by atoms with Crippen molar-refractivity contribution in [1.82, 2.24) is 0 Å². The Labute approximate surface area is 317 Å². The van der Waals surface area contributed by atoms with Gasteiger partial charge in [0.1, 0.15) is 0 Å². The molecule has 0 aliphatic carbocycles. The molecule has 0 aromatic heterocycles. The van der Waals surface area contributed by atoms with Crippen LogP contribution in [0.25, 0.3) is 88.0 Å². The molecule has 9 aromatic carbocycles. The van der Waals surface area contributed by atoms with Crippen LogP contribution in [0.4, 0.5) is 11.4 Å². The van der Waals surface area contributed by atoms with E-state index in [1.807, 2.05) is 0 Å². The molecular weight excluding hydrogens is 653 g/mol. The number of fused-ring (bicyclic) bond motifs is 3. The number of nitrogens with two attached hydrogens (primary N) is 2. The van der Waals surface area contributed by atoms with Crippen molar-refractivity contribution in [2.24, 2.45) is 0 Å². The molecule has 0 atom stereocenters. The second kappa shape index (κ2) is 13.1. The zero-order valence-corrected chi connectivity index (χ0v) is 31.2. The first kappa shape index (κ1) is 33.2. The van der Waals surface area contributed by atoms with Gasteiger partial charge in [-0.15, -0.1) is 0 Å². The summed E-state index contributed by atoms with van der Waals surface area (Å²) in [7, 11) is 0. The van der Waals surface area contributed by atoms with Crippen molar-refractivity contribution in [1.29, 1.82) is 0 Å². The molecular formula is C52H42N2. The maximum absolute atomic E-state index is 7.38. The molecule has 0 bridgehead atoms. The summed E-state index contributed by atoms with van der Waals surface area (Å²) < 4.78 is 0. The summed E-state index contributed by atoms with van der Waals surface area (Å²) in [5.41, 5.74) is 32.4. The maximum atomic E-state index is 7.38. The summed E-state index contributed by atoms with van der Waals surface area (Å²) in [6.07, 6.45) is 0. The maximum Gasteiger partial charge on any atom is 0.0480 e. The molecule has 2 heteroatoms. The third-order valence-electron chi connectivity index (χ3n) is 11.1. The SMILES string of the molecule is Cc1ccc(-c2ccc3c(N)c4ccccc4c(-c4c(-c5ccc(C)cc5)c(-c5ccc(C)cc5)c(N)c5ccccc45)c3c2-c2ccc(C)cc2)cc1. The first-order valence-corrected chi connectivity index (χ1v) is 18.7. The zero-order chi connectivity index (χ0) is 37.1. The van der Waals surface area contributed by atoms with E-state index >= 15 is 0 Å². The standard InChI is InChI=1S/C52H42N2/c1-31-13-21-35(22-14-31)39-29-30-44-50(45(39)36-23-15-32(2)16-24-36)49(40-9-5-7-11-42(40)51(44)53)48-41-10-6-8-12-43(41)52(54)47(38-27-19-34(4)20-28-38)46(48)37-25-17-33(3)18-26-37/h5-30H,53-54H2,1-4H3. The quantitative estimate of drug-likeness (QED) is 0.139. The summed E-state index contributed by atoms with van der Waals surface area (Å²) in [6, 6.07) is 57.3. The van der Waals surface area contributed by atoms with E-state index in [0.717, 1.165) is 99.3 Å². The van der Waals surface area contributed by atoms with Gasteiger partial charge in [-0.25, -0.2) is 0 Å². The minimum atomic E-state index is 0.775. The Bertz CT molecular complexity index is 2880. The van der Waals surface area contributed by atoms with Crippen LogP contribution in [-0.4, -0.2) is 0 Å². The number of benzene rings is 9. The lowest BCUT2D eigenvalue weighted by molar-refractivity contribution is 1.46. The summed E-state index contributed by atoms with van der Waals surface area (Å²) in [5.74, 6) is 0. The van der Waals surface area contributed by atoms with Crippen molar-refractivity contribution in [3.05, 3.63) is 180 Å². The predicted molar refractivity (Wildman–Crippen MR) is 234 cm³/mol. The fourth-order valence-electron chi connectivity index (χ4n) is 8.31. The first-order chi connectivity index (χ1) is 26.3. The molecule has 0 heterocycles. The topological polar surface area (TPSA) is 52.0 Å². The van der Waals surface area contributed by atoms with E-state index in [0.29, 0.717) is 0 Å². The highest BCUT2D eigenvalue weighted by Crippen LogP contribution is 2.55. The van der Waals surface area contributed by atoms with Gasteiger partial charge in [-0.1, -0.05) is 180 Å². The van der Waals surface area contributed by atoms with E-state index in [2.05, 4.69) is 185 Å². The minimum Gasteiger partial charge on any atom is -0.398 e. The Hall–Kier alpha value is -6.64. The fraction of sp³-hybridized carbons (Fsp3) is 0.0769. The van der Waals surface area contributed by atoms with E-state index in [9.17, 15) is 0 Å². The molecule has 260 valence electrons. The lowest BCUT2D eigenvalue weighted by atomic mass is 9.77. The average Bonchev–Trinajstić information content (AvgIpc) is 3.20. The van der Waals surface area contributed by atoms with Crippen LogP contribution in [0.5, 0.6) is 0 Å². The van der Waals surface area contributed by atoms with Crippen molar-refractivity contribution in [2.75, 3.05) is 11.5 Å². The molecule has 0 aliphatic heterocycles. The van der Waals surface area contributed by atoms with Crippen LogP contribution >= 0.6 is 0 Å². The minimum absolute atomic E-state index is 0.775. The van der Waals surface area contributed by atoms with Crippen molar-refractivity contribution in [3.8, 4) is 55.6 Å². The van der Waals surface area contributed by atoms with Crippen LogP contribution in [0.15, 0.2) is 158 Å². The molecule has 4 N–H and O–H groups in total. The predicted octanol–water partition coefficient (Wildman–Crippen LogP) is 13.9. The van der Waals surface area contributed by atoms with Gasteiger partial charge in [-0.05, 0) is 83.0 Å². The lowest BCUT2D eigenvalue weighted by Crippen LogP contribution is -2.02. The van der Waals surface area contributed by atoms with Gasteiger partial charge in [0.15, 0.2) is 0 Å². The largest absolute Gasteiger partial charge is 0.398 e. The summed E-state index contributed by atoms with van der Waals surface area (Å²) in [4.78, 5) is 0. The highest BCUT2D eigenvalue weighted by molar-refractivity contribution is 6.30. The molecule has 9 rings (SSSR count). The first-order valence-electron chi connectivity index (χ1n) is 18.7. The highest BCUT2D eigenvalue weighted by Gasteiger charge is 2.27. The third-order valence-corrected chi connectivity index (χ3v) is 11.1. The number of anilines is 2. The molecule has 0 saturated heterocycles. The van der Waals surface area contributed by atoms with Crippen LogP contribution in [0.1, 0.15) is 22.3 Å². The van der Waals surface area contributed by atoms with E-state index in [1.54, 1.807) is 0 Å². The van der Waals surface area contributed by atoms with E-state index in [1.165, 1.54) is 22.3 Å². The Morgan fingerprint density at radius 1 is 0.278 bits per heavy atom. The van der Waals surface area contributed by atoms with E-state index in [-0.39, 0.29) is 0 Å². The van der Waals surface area contributed by atoms with Crippen LogP contribution in [0.3, 0.4) is 0 Å². The Balaban J connectivity index is 1.59. The summed E-state index contributed by atoms with van der Waals surface area (Å²) in [6.45, 7) is 8.55. The number of nitrogen functional groups attached to an aromatic ring is 2. The number of hydrogen-bond acceptors (Lipinski definition) is 2. The average molecular weight is 695 g/mol. The Morgan fingerprint density at radius 2 is 0.667 bits per heavy atom. The fourth-order valence-corrected chi connectivity index (χ4v) is 8.31. The van der Waals surface area contributed by atoms with Gasteiger partial charge in [0.05, 0.1) is 0 Å². The van der Waals surface area contributed by atoms with Gasteiger partial charge in [-0.3, -0.25) is 0 Å². The van der Waals surface area contributed by atoms with Crippen LogP contribution < -0.4 is 11.5 Å². The second-order valence-corrected chi connectivity index (χ2v) is 14.8. The summed E-state index contributed by atoms with van der Waals surface area (Å²) >= 11 is 0. The van der Waals surface area contributed by atoms with Gasteiger partial charge < -0.3 is 11.5 Å². The normalized spacial score (nSPS) is 11.5. The molecule has 0 unspecified atom stereocenters. The van der Waals surface area contributed by atoms with Crippen LogP contribution in [0.2, 0.25) is 0 Å². The monoisotopic (exact) mass is 694 g/mol. The van der Waals surface area contributed by atoms with Crippen molar-refractivity contribution in [2.45, 2.75) is 27.7 Å². The molecule has 0 spiro atoms. The van der Waals surface area contributed by atoms with Gasteiger partial charge >= 0.3 is 0 Å². The van der Waals surface area contributed by atoms with E-state index < -0.39 is 0 Å². The molecule has 0 saturated carbocycles. The smallest absolute Gasteiger partial charge is 0.0480 e. The van der Waals surface area contributed by atoms with Gasteiger partial charge in [0, 0.05) is 44.0 Å². The zero-order valence-electron chi connectivity index (χ0n) is 31.2. The van der Waals surface area contributed by atoms with Gasteiger partial charge in [0.2, 0.25) is 0 Å². The lowest BCUT2D eigenvalue weighted by Gasteiger charge is -2.26. The van der Waals surface area contributed by atoms with Gasteiger partial charge in [-0.2, -0.15) is 0 Å². The van der Waals surface area contributed by atoms with Crippen LogP contribution in [-0.2, 0) is 0 Å². The molecule has 0 aliphatic rings. The molecule has 0 radical (unpaired) electrons. The van der Waals surface area contributed by atoms with E-state index in [4.69, 9.17) is 11.5 Å². The Morgan fingerprint density at radius 3 is 1.17 bits per heavy atom. The Kier molecular flexibility index (Phi) is 8.05. The van der Waals surface area contributed by atoms with Crippen molar-refractivity contribution >= 4 is 43.7 Å². The van der Waals surface area contributed by atoms with Crippen molar-refractivity contribution < 1.29 is 0 Å². The number of hydrogen-bond donors (Lipinski definition) is 2. The highest BCUT2D eigenvalue weighted by atomic mass is 14.6. The molecule has 0 fully saturated rings. The molecule has 0 amide bonds. The number of rotatable bonds is 5.